The van der Waals surface area contributed by atoms with Crippen molar-refractivity contribution in [2.75, 3.05) is 11.9 Å². The number of benzene rings is 1. The molecule has 0 spiro atoms. The molecule has 1 aromatic carbocycles. The maximum atomic E-state index is 12.6. The number of halogens is 1. The summed E-state index contributed by atoms with van der Waals surface area (Å²) in [5.74, 6) is -0.217. The van der Waals surface area contributed by atoms with E-state index < -0.39 is 0 Å². The molecule has 0 amide bonds. The van der Waals surface area contributed by atoms with Crippen molar-refractivity contribution >= 4 is 5.69 Å². The van der Waals surface area contributed by atoms with E-state index in [9.17, 15) is 4.39 Å². The lowest BCUT2D eigenvalue weighted by Crippen LogP contribution is -2.11. The smallest absolute Gasteiger partial charge is 0.125 e. The Morgan fingerprint density at radius 1 is 1.55 bits per heavy atom. The molecule has 11 heavy (non-hydrogen) atoms. The largest absolute Gasteiger partial charge is 0.383 e. The van der Waals surface area contributed by atoms with E-state index in [4.69, 9.17) is 5.73 Å². The summed E-state index contributed by atoms with van der Waals surface area (Å²) in [5.41, 5.74) is 7.55. The van der Waals surface area contributed by atoms with Crippen LogP contribution in [0, 0.1) is 5.82 Å². The summed E-state index contributed by atoms with van der Waals surface area (Å²) in [6, 6.07) is 4.66. The molecule has 1 aliphatic rings. The highest BCUT2D eigenvalue weighted by Gasteiger charge is 2.17. The first kappa shape index (κ1) is 6.61. The second-order valence-electron chi connectivity index (χ2n) is 2.72. The summed E-state index contributed by atoms with van der Waals surface area (Å²) in [5, 5.41) is 3.03. The summed E-state index contributed by atoms with van der Waals surface area (Å²) >= 11 is 0. The van der Waals surface area contributed by atoms with Crippen LogP contribution >= 0.6 is 0 Å². The molecule has 1 atom stereocenters. The van der Waals surface area contributed by atoms with Gasteiger partial charge in [0.05, 0.1) is 0 Å². The Morgan fingerprint density at radius 3 is 3.18 bits per heavy atom. The average molecular weight is 152 g/mol. The minimum atomic E-state index is -0.217. The zero-order chi connectivity index (χ0) is 7.84. The van der Waals surface area contributed by atoms with Crippen LogP contribution in [0.3, 0.4) is 0 Å². The average Bonchev–Trinajstić information content (AvgIpc) is 2.32. The summed E-state index contributed by atoms with van der Waals surface area (Å²) < 4.78 is 12.6. The zero-order valence-electron chi connectivity index (χ0n) is 5.97. The molecule has 1 heterocycles. The second-order valence-corrected chi connectivity index (χ2v) is 2.72. The van der Waals surface area contributed by atoms with Crippen LogP contribution in [-0.2, 0) is 0 Å². The third kappa shape index (κ3) is 0.973. The van der Waals surface area contributed by atoms with E-state index in [1.54, 1.807) is 6.07 Å². The van der Waals surface area contributed by atoms with Gasteiger partial charge < -0.3 is 11.1 Å². The van der Waals surface area contributed by atoms with Crippen LogP contribution in [0.15, 0.2) is 18.2 Å². The van der Waals surface area contributed by atoms with Crippen LogP contribution in [0.1, 0.15) is 11.6 Å². The number of fused-ring (bicyclic) bond motifs is 1. The van der Waals surface area contributed by atoms with Gasteiger partial charge in [-0.15, -0.1) is 0 Å². The van der Waals surface area contributed by atoms with Crippen molar-refractivity contribution in [3.63, 3.8) is 0 Å². The summed E-state index contributed by atoms with van der Waals surface area (Å²) in [4.78, 5) is 0. The first-order chi connectivity index (χ1) is 5.27. The predicted molar refractivity (Wildman–Crippen MR) is 41.8 cm³/mol. The van der Waals surface area contributed by atoms with E-state index in [0.717, 1.165) is 11.3 Å². The molecule has 0 fully saturated rings. The fourth-order valence-electron chi connectivity index (χ4n) is 1.33. The fourth-order valence-corrected chi connectivity index (χ4v) is 1.33. The topological polar surface area (TPSA) is 38.0 Å². The quantitative estimate of drug-likeness (QED) is 0.587. The number of rotatable bonds is 0. The van der Waals surface area contributed by atoms with Gasteiger partial charge in [-0.3, -0.25) is 0 Å². The van der Waals surface area contributed by atoms with Crippen LogP contribution in [0.5, 0.6) is 0 Å². The van der Waals surface area contributed by atoms with E-state index in [0.29, 0.717) is 6.54 Å². The maximum absolute atomic E-state index is 12.6. The third-order valence-corrected chi connectivity index (χ3v) is 1.93. The third-order valence-electron chi connectivity index (χ3n) is 1.93. The molecular formula is C8H9FN2. The highest BCUT2D eigenvalue weighted by molar-refractivity contribution is 5.57. The molecule has 0 radical (unpaired) electrons. The number of anilines is 1. The van der Waals surface area contributed by atoms with Gasteiger partial charge in [0.15, 0.2) is 0 Å². The summed E-state index contributed by atoms with van der Waals surface area (Å²) in [7, 11) is 0. The Morgan fingerprint density at radius 2 is 2.36 bits per heavy atom. The van der Waals surface area contributed by atoms with Crippen LogP contribution < -0.4 is 11.1 Å². The number of hydrogen-bond acceptors (Lipinski definition) is 2. The molecule has 0 aliphatic carbocycles. The van der Waals surface area contributed by atoms with Gasteiger partial charge in [0.25, 0.3) is 0 Å². The maximum Gasteiger partial charge on any atom is 0.125 e. The Kier molecular flexibility index (Phi) is 1.32. The van der Waals surface area contributed by atoms with Crippen LogP contribution in [0.2, 0.25) is 0 Å². The highest BCUT2D eigenvalue weighted by atomic mass is 19.1. The SMILES string of the molecule is NC1CNc2cc(F)ccc21. The molecule has 0 aromatic heterocycles. The van der Waals surface area contributed by atoms with Crippen molar-refractivity contribution in [2.45, 2.75) is 6.04 Å². The minimum absolute atomic E-state index is 0.0191. The Labute approximate surface area is 64.2 Å². The van der Waals surface area contributed by atoms with E-state index in [-0.39, 0.29) is 11.9 Å². The molecule has 3 heteroatoms. The predicted octanol–water partition coefficient (Wildman–Crippen LogP) is 1.25. The molecule has 0 saturated heterocycles. The van der Waals surface area contributed by atoms with Crippen molar-refractivity contribution in [3.05, 3.63) is 29.6 Å². The molecule has 1 unspecified atom stereocenters. The number of nitrogens with two attached hydrogens (primary N) is 1. The van der Waals surface area contributed by atoms with Gasteiger partial charge in [0, 0.05) is 18.3 Å². The Balaban J connectivity index is 2.50. The van der Waals surface area contributed by atoms with Crippen LogP contribution in [0.25, 0.3) is 0 Å². The molecular weight excluding hydrogens is 143 g/mol. The minimum Gasteiger partial charge on any atom is -0.383 e. The standard InChI is InChI=1S/C8H9FN2/c9-5-1-2-6-7(10)4-11-8(6)3-5/h1-3,7,11H,4,10H2. The van der Waals surface area contributed by atoms with Crippen molar-refractivity contribution in [1.29, 1.82) is 0 Å². The molecule has 2 nitrogen and oxygen atoms in total. The monoisotopic (exact) mass is 152 g/mol. The lowest BCUT2D eigenvalue weighted by Gasteiger charge is -2.00. The Bertz CT molecular complexity index is 285. The van der Waals surface area contributed by atoms with Crippen molar-refractivity contribution in [2.24, 2.45) is 5.73 Å². The van der Waals surface area contributed by atoms with E-state index in [2.05, 4.69) is 5.32 Å². The first-order valence-electron chi connectivity index (χ1n) is 3.56. The lowest BCUT2D eigenvalue weighted by atomic mass is 10.1. The van der Waals surface area contributed by atoms with Gasteiger partial charge in [0.2, 0.25) is 0 Å². The molecule has 2 rings (SSSR count). The molecule has 1 aliphatic heterocycles. The van der Waals surface area contributed by atoms with Crippen molar-refractivity contribution in [3.8, 4) is 0 Å². The number of nitrogens with one attached hydrogen (secondary N) is 1. The zero-order valence-corrected chi connectivity index (χ0v) is 5.97. The lowest BCUT2D eigenvalue weighted by molar-refractivity contribution is 0.628. The van der Waals surface area contributed by atoms with Gasteiger partial charge in [-0.1, -0.05) is 6.07 Å². The normalized spacial score (nSPS) is 21.1. The van der Waals surface area contributed by atoms with Crippen LogP contribution in [0.4, 0.5) is 10.1 Å². The summed E-state index contributed by atoms with van der Waals surface area (Å²) in [6.45, 7) is 0.707. The highest BCUT2D eigenvalue weighted by Crippen LogP contribution is 2.27. The number of hydrogen-bond donors (Lipinski definition) is 2. The molecule has 1 aromatic rings. The first-order valence-corrected chi connectivity index (χ1v) is 3.56. The molecule has 0 bridgehead atoms. The molecule has 58 valence electrons. The van der Waals surface area contributed by atoms with Crippen LogP contribution in [-0.4, -0.2) is 6.54 Å². The fraction of sp³-hybridized carbons (Fsp3) is 0.250. The van der Waals surface area contributed by atoms with Gasteiger partial charge in [-0.05, 0) is 17.7 Å². The van der Waals surface area contributed by atoms with Gasteiger partial charge in [-0.25, -0.2) is 4.39 Å². The second kappa shape index (κ2) is 2.20. The molecule has 3 N–H and O–H groups in total. The van der Waals surface area contributed by atoms with E-state index in [1.165, 1.54) is 12.1 Å². The van der Waals surface area contributed by atoms with Gasteiger partial charge in [0.1, 0.15) is 5.82 Å². The van der Waals surface area contributed by atoms with Gasteiger partial charge >= 0.3 is 0 Å². The summed E-state index contributed by atoms with van der Waals surface area (Å²) in [6.07, 6.45) is 0. The van der Waals surface area contributed by atoms with Gasteiger partial charge in [-0.2, -0.15) is 0 Å². The Hall–Kier alpha value is -1.09. The van der Waals surface area contributed by atoms with Crippen molar-refractivity contribution in [1.82, 2.24) is 0 Å². The molecule has 0 saturated carbocycles. The van der Waals surface area contributed by atoms with Crippen molar-refractivity contribution < 1.29 is 4.39 Å². The van der Waals surface area contributed by atoms with E-state index in [1.807, 2.05) is 0 Å². The van der Waals surface area contributed by atoms with E-state index >= 15 is 0 Å².